The summed E-state index contributed by atoms with van der Waals surface area (Å²) >= 11 is 3.16. The minimum absolute atomic E-state index is 0. The second-order valence-electron chi connectivity index (χ2n) is 5.93. The number of rotatable bonds is 5. The molecule has 0 spiro atoms. The Morgan fingerprint density at radius 3 is 2.65 bits per heavy atom. The number of carbonyl (C=O) groups excluding carboxylic acids is 1. The molecule has 1 aliphatic heterocycles. The van der Waals surface area contributed by atoms with Gasteiger partial charge < -0.3 is 15.0 Å². The first-order chi connectivity index (χ1) is 12.0. The fourth-order valence-corrected chi connectivity index (χ4v) is 3.06. The molecule has 0 unspecified atom stereocenters. The summed E-state index contributed by atoms with van der Waals surface area (Å²) in [5.41, 5.74) is 0.817. The number of hydrogen-bond acceptors (Lipinski definition) is 3. The van der Waals surface area contributed by atoms with Crippen molar-refractivity contribution >= 4 is 51.8 Å². The Hall–Kier alpha value is -0.900. The van der Waals surface area contributed by atoms with E-state index in [1.54, 1.807) is 6.07 Å². The molecule has 1 fully saturated rings. The van der Waals surface area contributed by atoms with Gasteiger partial charge in [0, 0.05) is 19.6 Å². The van der Waals surface area contributed by atoms with Crippen molar-refractivity contribution in [3.05, 3.63) is 34.1 Å². The number of piperidine rings is 1. The Labute approximate surface area is 179 Å². The number of benzene rings is 1. The van der Waals surface area contributed by atoms with E-state index >= 15 is 0 Å². The first-order valence-corrected chi connectivity index (χ1v) is 9.48. The zero-order valence-electron chi connectivity index (χ0n) is 15.1. The van der Waals surface area contributed by atoms with Crippen molar-refractivity contribution < 1.29 is 13.9 Å². The van der Waals surface area contributed by atoms with E-state index in [1.165, 1.54) is 6.07 Å². The molecule has 0 atom stereocenters. The van der Waals surface area contributed by atoms with Crippen molar-refractivity contribution in [3.8, 4) is 0 Å². The molecule has 26 heavy (non-hydrogen) atoms. The average molecular weight is 542 g/mol. The predicted molar refractivity (Wildman–Crippen MR) is 115 cm³/mol. The number of esters is 1. The lowest BCUT2D eigenvalue weighted by atomic mass is 9.97. The summed E-state index contributed by atoms with van der Waals surface area (Å²) in [7, 11) is 0. The first kappa shape index (κ1) is 23.1. The number of guanidine groups is 1. The summed E-state index contributed by atoms with van der Waals surface area (Å²) < 4.78 is 19.2. The zero-order valence-corrected chi connectivity index (χ0v) is 19.1. The average Bonchev–Trinajstić information content (AvgIpc) is 2.62. The molecule has 146 valence electrons. The van der Waals surface area contributed by atoms with Crippen molar-refractivity contribution in [1.82, 2.24) is 10.2 Å². The summed E-state index contributed by atoms with van der Waals surface area (Å²) in [6.07, 6.45) is 1.52. The summed E-state index contributed by atoms with van der Waals surface area (Å²) in [4.78, 5) is 18.6. The minimum Gasteiger partial charge on any atom is -0.466 e. The Balaban J connectivity index is 0.00000338. The fourth-order valence-electron chi connectivity index (χ4n) is 2.82. The number of ether oxygens (including phenoxy) is 1. The molecule has 0 saturated carbocycles. The van der Waals surface area contributed by atoms with Gasteiger partial charge in [-0.1, -0.05) is 6.07 Å². The van der Waals surface area contributed by atoms with Gasteiger partial charge in [0.2, 0.25) is 0 Å². The van der Waals surface area contributed by atoms with Crippen molar-refractivity contribution in [2.75, 3.05) is 26.2 Å². The van der Waals surface area contributed by atoms with Crippen LogP contribution in [0.3, 0.4) is 0 Å². The topological polar surface area (TPSA) is 53.9 Å². The number of hydrogen-bond donors (Lipinski definition) is 1. The van der Waals surface area contributed by atoms with E-state index in [0.29, 0.717) is 17.6 Å². The van der Waals surface area contributed by atoms with Crippen molar-refractivity contribution in [2.45, 2.75) is 33.2 Å². The highest BCUT2D eigenvalue weighted by Crippen LogP contribution is 2.20. The Bertz CT molecular complexity index is 622. The molecular formula is C18H26BrFIN3O2. The molecule has 1 saturated heterocycles. The van der Waals surface area contributed by atoms with Gasteiger partial charge in [-0.25, -0.2) is 9.38 Å². The molecule has 0 bridgehead atoms. The Morgan fingerprint density at radius 2 is 2.08 bits per heavy atom. The van der Waals surface area contributed by atoms with Gasteiger partial charge >= 0.3 is 5.97 Å². The second kappa shape index (κ2) is 11.7. The number of nitrogens with one attached hydrogen (secondary N) is 1. The number of carbonyl (C=O) groups is 1. The third-order valence-electron chi connectivity index (χ3n) is 4.14. The smallest absolute Gasteiger partial charge is 0.309 e. The van der Waals surface area contributed by atoms with Crippen LogP contribution in [0.1, 0.15) is 32.3 Å². The third kappa shape index (κ3) is 6.68. The van der Waals surface area contributed by atoms with Crippen LogP contribution >= 0.6 is 39.9 Å². The van der Waals surface area contributed by atoms with Crippen LogP contribution in [0.2, 0.25) is 0 Å². The quantitative estimate of drug-likeness (QED) is 0.265. The van der Waals surface area contributed by atoms with Crippen LogP contribution in [0.25, 0.3) is 0 Å². The maximum atomic E-state index is 13.6. The molecule has 0 aromatic heterocycles. The lowest BCUT2D eigenvalue weighted by Crippen LogP contribution is -2.46. The van der Waals surface area contributed by atoms with Crippen LogP contribution in [0.5, 0.6) is 0 Å². The zero-order chi connectivity index (χ0) is 18.2. The van der Waals surface area contributed by atoms with Crippen molar-refractivity contribution in [2.24, 2.45) is 10.9 Å². The molecule has 5 nitrogen and oxygen atoms in total. The van der Waals surface area contributed by atoms with E-state index in [1.807, 2.05) is 19.9 Å². The van der Waals surface area contributed by atoms with Gasteiger partial charge in [-0.3, -0.25) is 4.79 Å². The fraction of sp³-hybridized carbons (Fsp3) is 0.556. The molecule has 0 aliphatic carbocycles. The van der Waals surface area contributed by atoms with Gasteiger partial charge in [0.15, 0.2) is 5.96 Å². The normalized spacial score (nSPS) is 15.4. The van der Waals surface area contributed by atoms with E-state index in [2.05, 4.69) is 31.1 Å². The maximum Gasteiger partial charge on any atom is 0.309 e. The van der Waals surface area contributed by atoms with E-state index in [4.69, 9.17) is 4.74 Å². The monoisotopic (exact) mass is 541 g/mol. The highest BCUT2D eigenvalue weighted by molar-refractivity contribution is 14.0. The van der Waals surface area contributed by atoms with Crippen LogP contribution in [0.4, 0.5) is 4.39 Å². The number of likely N-dealkylation sites (tertiary alicyclic amines) is 1. The molecule has 2 rings (SSSR count). The Kier molecular flexibility index (Phi) is 10.4. The van der Waals surface area contributed by atoms with E-state index in [9.17, 15) is 9.18 Å². The van der Waals surface area contributed by atoms with E-state index in [-0.39, 0.29) is 41.7 Å². The number of halogens is 3. The molecule has 0 amide bonds. The molecule has 1 N–H and O–H groups in total. The van der Waals surface area contributed by atoms with Crippen LogP contribution in [-0.2, 0) is 16.1 Å². The van der Waals surface area contributed by atoms with E-state index < -0.39 is 0 Å². The molecule has 1 aromatic carbocycles. The van der Waals surface area contributed by atoms with Gasteiger partial charge in [-0.15, -0.1) is 24.0 Å². The SMILES string of the molecule is CCNC(=NCc1ccc(Br)c(F)c1)N1CCC(C(=O)OCC)CC1.I. The minimum atomic E-state index is -0.284. The lowest BCUT2D eigenvalue weighted by molar-refractivity contribution is -0.149. The van der Waals surface area contributed by atoms with Crippen LogP contribution in [-0.4, -0.2) is 43.1 Å². The van der Waals surface area contributed by atoms with Crippen molar-refractivity contribution in [3.63, 3.8) is 0 Å². The largest absolute Gasteiger partial charge is 0.466 e. The van der Waals surface area contributed by atoms with Crippen LogP contribution in [0.15, 0.2) is 27.7 Å². The Morgan fingerprint density at radius 1 is 1.38 bits per heavy atom. The molecule has 8 heteroatoms. The van der Waals surface area contributed by atoms with Gasteiger partial charge in [0.1, 0.15) is 5.82 Å². The molecule has 1 aromatic rings. The van der Waals surface area contributed by atoms with Gasteiger partial charge in [-0.2, -0.15) is 0 Å². The molecular weight excluding hydrogens is 516 g/mol. The molecule has 0 radical (unpaired) electrons. The molecule has 1 heterocycles. The van der Waals surface area contributed by atoms with Gasteiger partial charge in [0.05, 0.1) is 23.5 Å². The highest BCUT2D eigenvalue weighted by Gasteiger charge is 2.27. The van der Waals surface area contributed by atoms with Crippen molar-refractivity contribution in [1.29, 1.82) is 0 Å². The lowest BCUT2D eigenvalue weighted by Gasteiger charge is -2.33. The first-order valence-electron chi connectivity index (χ1n) is 8.69. The molecule has 1 aliphatic rings. The number of nitrogens with zero attached hydrogens (tertiary/aromatic N) is 2. The summed E-state index contributed by atoms with van der Waals surface area (Å²) in [5.74, 6) is 0.384. The summed E-state index contributed by atoms with van der Waals surface area (Å²) in [5, 5.41) is 3.27. The third-order valence-corrected chi connectivity index (χ3v) is 4.79. The van der Waals surface area contributed by atoms with Crippen LogP contribution < -0.4 is 5.32 Å². The highest BCUT2D eigenvalue weighted by atomic mass is 127. The predicted octanol–water partition coefficient (Wildman–Crippen LogP) is 3.95. The van der Waals surface area contributed by atoms with Crippen LogP contribution in [0, 0.1) is 11.7 Å². The summed E-state index contributed by atoms with van der Waals surface area (Å²) in [6, 6.07) is 5.04. The van der Waals surface area contributed by atoms with E-state index in [0.717, 1.165) is 44.0 Å². The maximum absolute atomic E-state index is 13.6. The standard InChI is InChI=1S/C18H25BrFN3O2.HI/c1-3-21-18(22-12-13-5-6-15(19)16(20)11-13)23-9-7-14(8-10-23)17(24)25-4-2;/h5-6,11,14H,3-4,7-10,12H2,1-2H3,(H,21,22);1H. The number of aliphatic imine (C=N–C) groups is 1. The second-order valence-corrected chi connectivity index (χ2v) is 6.79. The van der Waals surface area contributed by atoms with Gasteiger partial charge in [-0.05, 0) is 60.3 Å². The van der Waals surface area contributed by atoms with Gasteiger partial charge in [0.25, 0.3) is 0 Å². The summed E-state index contributed by atoms with van der Waals surface area (Å²) in [6.45, 7) is 6.94.